The Hall–Kier alpha value is -3.50. The van der Waals surface area contributed by atoms with Crippen LogP contribution in [0, 0.1) is 11.8 Å². The lowest BCUT2D eigenvalue weighted by Gasteiger charge is -2.39. The van der Waals surface area contributed by atoms with Crippen LogP contribution in [0.4, 0.5) is 0 Å². The number of ether oxygens (including phenoxy) is 2. The number of aliphatic hydroxyl groups is 1. The Labute approximate surface area is 266 Å². The molecule has 0 aliphatic carbocycles. The maximum absolute atomic E-state index is 14.5. The number of fused-ring (bicyclic) bond motifs is 1. The third-order valence-corrected chi connectivity index (χ3v) is 9.33. The molecule has 1 aromatic carbocycles. The largest absolute Gasteiger partial charge is 0.460 e. The molecular weight excluding hydrogens is 574 g/mol. The molecule has 2 bridgehead atoms. The van der Waals surface area contributed by atoms with Gasteiger partial charge in [0.1, 0.15) is 17.7 Å². The molecule has 1 aromatic rings. The summed E-state index contributed by atoms with van der Waals surface area (Å²) in [4.78, 5) is 58.0. The van der Waals surface area contributed by atoms with Crippen LogP contribution in [-0.2, 0) is 35.1 Å². The minimum atomic E-state index is -1.21. The fourth-order valence-corrected chi connectivity index (χ4v) is 7.24. The Morgan fingerprint density at radius 2 is 1.98 bits per heavy atom. The van der Waals surface area contributed by atoms with E-state index in [2.05, 4.69) is 25.4 Å². The van der Waals surface area contributed by atoms with Crippen LogP contribution in [0.2, 0.25) is 0 Å². The zero-order valence-electron chi connectivity index (χ0n) is 26.7. The number of benzene rings is 1. The van der Waals surface area contributed by atoms with Crippen LogP contribution >= 0.6 is 0 Å². The third-order valence-electron chi connectivity index (χ3n) is 9.33. The number of nitrogens with zero attached hydrogens (tertiary/aromatic N) is 2. The molecule has 3 amide bonds. The lowest BCUT2D eigenvalue weighted by Crippen LogP contribution is -2.59. The average Bonchev–Trinajstić information content (AvgIpc) is 3.68. The number of allylic oxidation sites excluding steroid dienone is 1. The zero-order chi connectivity index (χ0) is 32.6. The number of nitrogens with one attached hydrogen (secondary N) is 1. The number of rotatable bonds is 18. The molecule has 1 spiro atoms. The number of unbranched alkanes of at least 4 members (excludes halogenated alkanes) is 2. The Morgan fingerprint density at radius 1 is 1.22 bits per heavy atom. The van der Waals surface area contributed by atoms with Gasteiger partial charge in [-0.05, 0) is 44.6 Å². The molecule has 0 aromatic heterocycles. The zero-order valence-corrected chi connectivity index (χ0v) is 26.7. The molecular formula is C35H49N3O7. The molecule has 0 unspecified atom stereocenters. The first-order valence-corrected chi connectivity index (χ1v) is 16.3. The van der Waals surface area contributed by atoms with Crippen LogP contribution in [-0.4, -0.2) is 94.7 Å². The minimum Gasteiger partial charge on any atom is -0.460 e. The summed E-state index contributed by atoms with van der Waals surface area (Å²) in [6.45, 7) is 11.9. The van der Waals surface area contributed by atoms with Crippen molar-refractivity contribution in [2.24, 2.45) is 11.8 Å². The minimum absolute atomic E-state index is 0.134. The van der Waals surface area contributed by atoms with Crippen molar-refractivity contribution in [2.75, 3.05) is 26.2 Å². The van der Waals surface area contributed by atoms with E-state index >= 15 is 0 Å². The summed E-state index contributed by atoms with van der Waals surface area (Å²) < 4.78 is 12.4. The van der Waals surface area contributed by atoms with E-state index in [4.69, 9.17) is 9.47 Å². The maximum atomic E-state index is 14.5. The standard InChI is InChI=1S/C35H49N3O7/c1-5-8-13-20-37(19-7-3)33(42)31-35-18-17-27(45-35)29(34(43)44-24(4)22-36-28(40)16-9-6-2)30(35)32(41)38(31)26(23-39)21-25-14-11-10-12-15-25/h6-7,10-12,14-15,24,26-27,29-31,39H,2-3,5,8-9,13,16-23H2,1,4H3,(H,36,40)/t24-,26+,27+,29-,30-,31+,35-/m0/s1. The van der Waals surface area contributed by atoms with Gasteiger partial charge in [-0.25, -0.2) is 0 Å². The molecule has 3 saturated heterocycles. The van der Waals surface area contributed by atoms with E-state index in [9.17, 15) is 24.3 Å². The number of carbonyl (C=O) groups is 4. The summed E-state index contributed by atoms with van der Waals surface area (Å²) in [7, 11) is 0. The van der Waals surface area contributed by atoms with Gasteiger partial charge >= 0.3 is 5.97 Å². The number of hydrogen-bond donors (Lipinski definition) is 2. The van der Waals surface area contributed by atoms with E-state index in [0.29, 0.717) is 45.2 Å². The van der Waals surface area contributed by atoms with Crippen LogP contribution in [0.1, 0.15) is 64.4 Å². The van der Waals surface area contributed by atoms with Gasteiger partial charge in [-0.3, -0.25) is 19.2 Å². The Balaban J connectivity index is 1.63. The van der Waals surface area contributed by atoms with Crippen molar-refractivity contribution in [2.45, 2.75) is 95.1 Å². The molecule has 3 aliphatic rings. The molecule has 0 saturated carbocycles. The van der Waals surface area contributed by atoms with Gasteiger partial charge in [0, 0.05) is 19.5 Å². The maximum Gasteiger partial charge on any atom is 0.312 e. The number of aliphatic hydroxyl groups excluding tert-OH is 1. The van der Waals surface area contributed by atoms with E-state index in [1.54, 1.807) is 24.0 Å². The van der Waals surface area contributed by atoms with Crippen molar-refractivity contribution in [3.63, 3.8) is 0 Å². The van der Waals surface area contributed by atoms with Gasteiger partial charge in [0.2, 0.25) is 17.7 Å². The third kappa shape index (κ3) is 7.33. The van der Waals surface area contributed by atoms with Gasteiger partial charge in [0.05, 0.1) is 37.1 Å². The fraction of sp³-hybridized carbons (Fsp3) is 0.600. The SMILES string of the molecule is C=CCCC(=O)NC[C@H](C)OC(=O)[C@@H]1[C@H]2C(=O)N([C@@H](CO)Cc3ccccc3)[C@H](C(=O)N(CC=C)CCCCC)[C@]23CC[C@H]1O3. The quantitative estimate of drug-likeness (QED) is 0.146. The number of carbonyl (C=O) groups excluding carboxylic acids is 4. The molecule has 0 radical (unpaired) electrons. The molecule has 246 valence electrons. The van der Waals surface area contributed by atoms with E-state index in [-0.39, 0.29) is 30.9 Å². The highest BCUT2D eigenvalue weighted by Crippen LogP contribution is 2.59. The molecule has 3 aliphatic heterocycles. The summed E-state index contributed by atoms with van der Waals surface area (Å²) >= 11 is 0. The predicted molar refractivity (Wildman–Crippen MR) is 170 cm³/mol. The summed E-state index contributed by atoms with van der Waals surface area (Å²) in [5, 5.41) is 13.4. The predicted octanol–water partition coefficient (Wildman–Crippen LogP) is 3.18. The Bertz CT molecular complexity index is 1220. The molecule has 4 rings (SSSR count). The van der Waals surface area contributed by atoms with Crippen molar-refractivity contribution in [3.05, 3.63) is 61.2 Å². The molecule has 10 nitrogen and oxygen atoms in total. The topological polar surface area (TPSA) is 125 Å². The van der Waals surface area contributed by atoms with E-state index in [0.717, 1.165) is 24.8 Å². The highest BCUT2D eigenvalue weighted by atomic mass is 16.6. The summed E-state index contributed by atoms with van der Waals surface area (Å²) in [6, 6.07) is 7.84. The molecule has 2 N–H and O–H groups in total. The highest BCUT2D eigenvalue weighted by Gasteiger charge is 2.75. The molecule has 45 heavy (non-hydrogen) atoms. The lowest BCUT2D eigenvalue weighted by molar-refractivity contribution is -0.160. The molecule has 3 heterocycles. The summed E-state index contributed by atoms with van der Waals surface area (Å²) in [5.74, 6) is -3.18. The molecule has 10 heteroatoms. The normalized spacial score (nSPS) is 26.2. The van der Waals surface area contributed by atoms with Crippen molar-refractivity contribution >= 4 is 23.7 Å². The first-order chi connectivity index (χ1) is 21.7. The molecule has 7 atom stereocenters. The van der Waals surface area contributed by atoms with E-state index < -0.39 is 47.7 Å². The number of hydrogen-bond acceptors (Lipinski definition) is 7. The van der Waals surface area contributed by atoms with Crippen molar-refractivity contribution in [3.8, 4) is 0 Å². The Kier molecular flexibility index (Phi) is 12.0. The van der Waals surface area contributed by atoms with Gasteiger partial charge in [0.15, 0.2) is 0 Å². The average molecular weight is 624 g/mol. The Morgan fingerprint density at radius 3 is 2.64 bits per heavy atom. The van der Waals surface area contributed by atoms with Gasteiger partial charge in [0.25, 0.3) is 0 Å². The second-order valence-corrected chi connectivity index (χ2v) is 12.5. The number of amides is 3. The van der Waals surface area contributed by atoms with Crippen LogP contribution < -0.4 is 5.32 Å². The fourth-order valence-electron chi connectivity index (χ4n) is 7.24. The van der Waals surface area contributed by atoms with Crippen molar-refractivity contribution in [1.29, 1.82) is 0 Å². The van der Waals surface area contributed by atoms with Gasteiger partial charge < -0.3 is 29.7 Å². The van der Waals surface area contributed by atoms with E-state index in [1.165, 1.54) is 4.90 Å². The number of likely N-dealkylation sites (tertiary alicyclic amines) is 1. The van der Waals surface area contributed by atoms with Gasteiger partial charge in [-0.1, -0.05) is 62.2 Å². The summed E-state index contributed by atoms with van der Waals surface area (Å²) in [6.07, 6.45) is 7.04. The highest BCUT2D eigenvalue weighted by molar-refractivity contribution is 5.98. The van der Waals surface area contributed by atoms with Crippen molar-refractivity contribution < 1.29 is 33.8 Å². The lowest BCUT2D eigenvalue weighted by atomic mass is 9.70. The first kappa shape index (κ1) is 34.4. The second kappa shape index (κ2) is 15.7. The number of esters is 1. The van der Waals surface area contributed by atoms with Gasteiger partial charge in [-0.15, -0.1) is 13.2 Å². The van der Waals surface area contributed by atoms with Crippen LogP contribution in [0.3, 0.4) is 0 Å². The van der Waals surface area contributed by atoms with Crippen LogP contribution in [0.5, 0.6) is 0 Å². The van der Waals surface area contributed by atoms with Crippen molar-refractivity contribution in [1.82, 2.24) is 15.1 Å². The molecule has 3 fully saturated rings. The van der Waals surface area contributed by atoms with Gasteiger partial charge in [-0.2, -0.15) is 0 Å². The monoisotopic (exact) mass is 623 g/mol. The summed E-state index contributed by atoms with van der Waals surface area (Å²) in [5.41, 5.74) is -0.292. The van der Waals surface area contributed by atoms with Crippen LogP contribution in [0.15, 0.2) is 55.6 Å². The van der Waals surface area contributed by atoms with E-state index in [1.807, 2.05) is 30.3 Å². The van der Waals surface area contributed by atoms with Crippen LogP contribution in [0.25, 0.3) is 0 Å². The second-order valence-electron chi connectivity index (χ2n) is 12.5. The first-order valence-electron chi connectivity index (χ1n) is 16.3. The smallest absolute Gasteiger partial charge is 0.312 e.